The quantitative estimate of drug-likeness (QED) is 0.797. The molecular formula is C18H16N4O2. The first kappa shape index (κ1) is 14.3. The smallest absolute Gasteiger partial charge is 0.251 e. The molecule has 0 unspecified atom stereocenters. The van der Waals surface area contributed by atoms with Gasteiger partial charge in [-0.1, -0.05) is 6.07 Å². The number of pyridine rings is 3. The zero-order chi connectivity index (χ0) is 17.8. The van der Waals surface area contributed by atoms with Crippen LogP contribution in [0.2, 0.25) is 0 Å². The zero-order valence-corrected chi connectivity index (χ0v) is 13.1. The van der Waals surface area contributed by atoms with Gasteiger partial charge in [-0.25, -0.2) is 0 Å². The molecular weight excluding hydrogens is 304 g/mol. The summed E-state index contributed by atoms with van der Waals surface area (Å²) in [4.78, 5) is 25.0. The highest BCUT2D eigenvalue weighted by Crippen LogP contribution is 2.35. The van der Waals surface area contributed by atoms with Crippen LogP contribution in [-0.2, 0) is 0 Å². The van der Waals surface area contributed by atoms with E-state index in [1.54, 1.807) is 36.7 Å². The van der Waals surface area contributed by atoms with E-state index in [2.05, 4.69) is 15.0 Å². The van der Waals surface area contributed by atoms with Crippen LogP contribution in [0.3, 0.4) is 0 Å². The van der Waals surface area contributed by atoms with Crippen molar-refractivity contribution in [3.63, 3.8) is 0 Å². The first-order chi connectivity index (χ1) is 12.1. The number of amides is 1. The molecule has 0 saturated heterocycles. The number of carbonyl (C=O) groups excluding carboxylic acids is 1. The Morgan fingerprint density at radius 3 is 2.83 bits per heavy atom. The topological polar surface area (TPSA) is 91.0 Å². The highest BCUT2D eigenvalue weighted by Gasteiger charge is 2.21. The van der Waals surface area contributed by atoms with Gasteiger partial charge in [0.05, 0.1) is 25.9 Å². The van der Waals surface area contributed by atoms with E-state index in [0.717, 1.165) is 0 Å². The molecule has 3 rings (SSSR count). The van der Waals surface area contributed by atoms with Crippen LogP contribution in [0.1, 0.15) is 17.4 Å². The van der Waals surface area contributed by atoms with Gasteiger partial charge in [-0.05, 0) is 31.2 Å². The summed E-state index contributed by atoms with van der Waals surface area (Å²) in [6, 6.07) is 8.85. The number of carbonyl (C=O) groups is 1. The van der Waals surface area contributed by atoms with Gasteiger partial charge in [-0.15, -0.1) is 0 Å². The summed E-state index contributed by atoms with van der Waals surface area (Å²) in [5.74, 6) is -0.214. The third kappa shape index (κ3) is 2.81. The molecule has 3 heterocycles. The van der Waals surface area contributed by atoms with Gasteiger partial charge in [-0.3, -0.25) is 19.7 Å². The molecule has 0 aliphatic heterocycles. The van der Waals surface area contributed by atoms with Gasteiger partial charge in [-0.2, -0.15) is 0 Å². The Hall–Kier alpha value is -3.28. The van der Waals surface area contributed by atoms with Crippen molar-refractivity contribution in [3.8, 4) is 28.3 Å². The molecule has 24 heavy (non-hydrogen) atoms. The molecule has 1 amide bonds. The maximum atomic E-state index is 12.2. The number of ether oxygens (including phenoxy) is 1. The number of nitrogens with zero attached hydrogens (tertiary/aromatic N) is 3. The molecule has 6 nitrogen and oxygen atoms in total. The normalized spacial score (nSPS) is 11.0. The Bertz CT molecular complexity index is 916. The fraction of sp³-hybridized carbons (Fsp3) is 0.111. The lowest BCUT2D eigenvalue weighted by atomic mass is 9.96. The third-order valence-electron chi connectivity index (χ3n) is 3.53. The fourth-order valence-corrected chi connectivity index (χ4v) is 2.54. The van der Waals surface area contributed by atoms with E-state index in [1.807, 2.05) is 13.0 Å². The minimum absolute atomic E-state index is 0.255. The van der Waals surface area contributed by atoms with Crippen molar-refractivity contribution >= 4 is 5.91 Å². The monoisotopic (exact) mass is 321 g/mol. The second-order valence-electron chi connectivity index (χ2n) is 5.13. The molecule has 2 N–H and O–H groups in total. The maximum absolute atomic E-state index is 12.2. The third-order valence-corrected chi connectivity index (χ3v) is 3.53. The average molecular weight is 321 g/mol. The van der Waals surface area contributed by atoms with Crippen molar-refractivity contribution in [2.45, 2.75) is 6.92 Å². The summed E-state index contributed by atoms with van der Waals surface area (Å²) in [5.41, 5.74) is 8.79. The molecule has 6 heteroatoms. The molecule has 3 aromatic heterocycles. The molecule has 120 valence electrons. The van der Waals surface area contributed by atoms with Crippen molar-refractivity contribution in [1.29, 1.82) is 0 Å². The Morgan fingerprint density at radius 1 is 1.25 bits per heavy atom. The largest absolute Gasteiger partial charge is 0.494 e. The van der Waals surface area contributed by atoms with Crippen molar-refractivity contribution in [2.24, 2.45) is 5.73 Å². The summed E-state index contributed by atoms with van der Waals surface area (Å²) in [6.45, 7) is 1.83. The van der Waals surface area contributed by atoms with Crippen LogP contribution >= 0.6 is 0 Å². The molecule has 0 spiro atoms. The van der Waals surface area contributed by atoms with Gasteiger partial charge in [0.25, 0.3) is 5.91 Å². The summed E-state index contributed by atoms with van der Waals surface area (Å²) in [7, 11) is -0.262. The number of aromatic nitrogens is 3. The van der Waals surface area contributed by atoms with E-state index in [-0.39, 0.29) is 12.6 Å². The second kappa shape index (κ2) is 6.45. The number of rotatable bonds is 4. The lowest BCUT2D eigenvalue weighted by Gasteiger charge is -2.15. The van der Waals surface area contributed by atoms with E-state index < -0.39 is 5.91 Å². The Morgan fingerprint density at radius 2 is 2.12 bits per heavy atom. The molecule has 0 aromatic carbocycles. The number of hydrogen-bond acceptors (Lipinski definition) is 5. The summed E-state index contributed by atoms with van der Waals surface area (Å²) in [6.07, 6.45) is 4.73. The van der Waals surface area contributed by atoms with E-state index in [1.165, 1.54) is 6.20 Å². The van der Waals surface area contributed by atoms with Gasteiger partial charge >= 0.3 is 0 Å². The van der Waals surface area contributed by atoms with E-state index >= 15 is 0 Å². The number of primary amides is 1. The minimum atomic E-state index is -0.614. The molecule has 0 aliphatic rings. The summed E-state index contributed by atoms with van der Waals surface area (Å²) in [5, 5.41) is 0. The maximum Gasteiger partial charge on any atom is 0.251 e. The van der Waals surface area contributed by atoms with Crippen LogP contribution in [0.25, 0.3) is 22.5 Å². The van der Waals surface area contributed by atoms with Crippen molar-refractivity contribution in [1.82, 2.24) is 15.0 Å². The van der Waals surface area contributed by atoms with Crippen LogP contribution in [0.5, 0.6) is 5.75 Å². The average Bonchev–Trinajstić information content (AvgIpc) is 2.62. The Labute approximate surface area is 140 Å². The summed E-state index contributed by atoms with van der Waals surface area (Å²) >= 11 is 0. The van der Waals surface area contributed by atoms with Crippen LogP contribution < -0.4 is 10.5 Å². The van der Waals surface area contributed by atoms with Crippen molar-refractivity contribution in [2.75, 3.05) is 7.09 Å². The first-order valence-electron chi connectivity index (χ1n) is 7.91. The van der Waals surface area contributed by atoms with Gasteiger partial charge in [0.1, 0.15) is 11.4 Å². The lowest BCUT2D eigenvalue weighted by Crippen LogP contribution is -2.16. The standard InChI is InChI=1S/C18H16N4O2/c1-11-9-13(12-6-8-20-10-15(12)24-2)16(18(19)23)17(22-11)14-5-3-4-7-21-14/h3-10H,1-2H3,(H2,19,23)/i2D. The van der Waals surface area contributed by atoms with Crippen LogP contribution in [0.4, 0.5) is 0 Å². The van der Waals surface area contributed by atoms with E-state index in [9.17, 15) is 4.79 Å². The molecule has 0 saturated carbocycles. The zero-order valence-electron chi connectivity index (χ0n) is 14.1. The molecule has 0 bridgehead atoms. The molecule has 0 fully saturated rings. The highest BCUT2D eigenvalue weighted by atomic mass is 16.5. The number of methoxy groups -OCH3 is 1. The van der Waals surface area contributed by atoms with Crippen LogP contribution in [-0.4, -0.2) is 27.9 Å². The van der Waals surface area contributed by atoms with Crippen LogP contribution in [0.15, 0.2) is 48.9 Å². The second-order valence-corrected chi connectivity index (χ2v) is 5.13. The van der Waals surface area contributed by atoms with E-state index in [0.29, 0.717) is 34.0 Å². The van der Waals surface area contributed by atoms with Gasteiger partial charge in [0, 0.05) is 29.2 Å². The van der Waals surface area contributed by atoms with Crippen molar-refractivity contribution in [3.05, 3.63) is 60.2 Å². The number of nitrogens with two attached hydrogens (primary N) is 1. The molecule has 0 radical (unpaired) electrons. The SMILES string of the molecule is [2H]COc1cnccc1-c1cc(C)nc(-c2ccccn2)c1C(N)=O. The molecule has 0 aliphatic carbocycles. The van der Waals surface area contributed by atoms with Gasteiger partial charge in [0.2, 0.25) is 0 Å². The predicted octanol–water partition coefficient (Wildman–Crippen LogP) is 2.62. The first-order valence-corrected chi connectivity index (χ1v) is 7.21. The summed E-state index contributed by atoms with van der Waals surface area (Å²) < 4.78 is 12.6. The number of aryl methyl sites for hydroxylation is 1. The molecule has 0 atom stereocenters. The lowest BCUT2D eigenvalue weighted by molar-refractivity contribution is 0.100. The predicted molar refractivity (Wildman–Crippen MR) is 90.5 cm³/mol. The fourth-order valence-electron chi connectivity index (χ4n) is 2.54. The molecule has 3 aromatic rings. The minimum Gasteiger partial charge on any atom is -0.494 e. The highest BCUT2D eigenvalue weighted by molar-refractivity contribution is 6.05. The number of hydrogen-bond donors (Lipinski definition) is 1. The van der Waals surface area contributed by atoms with Crippen molar-refractivity contribution < 1.29 is 10.9 Å². The van der Waals surface area contributed by atoms with E-state index in [4.69, 9.17) is 11.8 Å². The van der Waals surface area contributed by atoms with Crippen LogP contribution in [0, 0.1) is 6.92 Å². The van der Waals surface area contributed by atoms with Gasteiger partial charge < -0.3 is 10.5 Å². The Balaban J connectivity index is 2.32. The van der Waals surface area contributed by atoms with Gasteiger partial charge in [0.15, 0.2) is 0 Å². The Kier molecular flexibility index (Phi) is 3.85.